The van der Waals surface area contributed by atoms with E-state index in [1.807, 2.05) is 6.92 Å². The second-order valence-electron chi connectivity index (χ2n) is 8.31. The van der Waals surface area contributed by atoms with Gasteiger partial charge in [0.1, 0.15) is 18.2 Å². The zero-order valence-electron chi connectivity index (χ0n) is 17.3. The smallest absolute Gasteiger partial charge is 0.410 e. The number of piperidine rings is 1. The maximum atomic E-state index is 13.3. The van der Waals surface area contributed by atoms with Gasteiger partial charge >= 0.3 is 6.09 Å². The molecular weight excluding hydrogens is 374 g/mol. The lowest BCUT2D eigenvalue weighted by Gasteiger charge is -2.52. The Kier molecular flexibility index (Phi) is 6.82. The van der Waals surface area contributed by atoms with Gasteiger partial charge in [0.05, 0.1) is 6.10 Å². The highest BCUT2D eigenvalue weighted by Gasteiger charge is 2.55. The third kappa shape index (κ3) is 4.13. The highest BCUT2D eigenvalue weighted by Crippen LogP contribution is 2.35. The molecule has 2 N–H and O–H groups in total. The topological polar surface area (TPSA) is 99.2 Å². The Morgan fingerprint density at radius 3 is 2.55 bits per heavy atom. The van der Waals surface area contributed by atoms with Gasteiger partial charge in [-0.1, -0.05) is 31.9 Å². The van der Waals surface area contributed by atoms with Crippen LogP contribution in [-0.4, -0.2) is 76.7 Å². The maximum Gasteiger partial charge on any atom is 0.410 e. The molecule has 1 aliphatic carbocycles. The van der Waals surface area contributed by atoms with Crippen LogP contribution in [0.5, 0.6) is 0 Å². The number of amides is 3. The van der Waals surface area contributed by atoms with Gasteiger partial charge in [0, 0.05) is 19.6 Å². The summed E-state index contributed by atoms with van der Waals surface area (Å²) in [6.07, 6.45) is 5.97. The molecule has 3 amide bonds. The number of hydrogen-bond acceptors (Lipinski definition) is 5. The quantitative estimate of drug-likeness (QED) is 0.672. The van der Waals surface area contributed by atoms with E-state index in [1.165, 1.54) is 6.08 Å². The molecule has 0 unspecified atom stereocenters. The van der Waals surface area contributed by atoms with E-state index in [2.05, 4.69) is 11.9 Å². The SMILES string of the molecule is C=CCOC(=O)N1CCC2(CC1)C(=O)N[C@H]([C@H](O)C1CCCCC1)C(=O)N2CC. The molecule has 3 aliphatic rings. The van der Waals surface area contributed by atoms with Gasteiger partial charge in [-0.2, -0.15) is 0 Å². The lowest BCUT2D eigenvalue weighted by Crippen LogP contribution is -2.75. The Morgan fingerprint density at radius 1 is 1.31 bits per heavy atom. The van der Waals surface area contributed by atoms with Crippen molar-refractivity contribution in [3.63, 3.8) is 0 Å². The van der Waals surface area contributed by atoms with Gasteiger partial charge in [-0.05, 0) is 38.5 Å². The average Bonchev–Trinajstić information content (AvgIpc) is 2.75. The first-order chi connectivity index (χ1) is 13.9. The molecule has 2 aliphatic heterocycles. The fourth-order valence-electron chi connectivity index (χ4n) is 5.05. The predicted octanol–water partition coefficient (Wildman–Crippen LogP) is 1.43. The van der Waals surface area contributed by atoms with Gasteiger partial charge < -0.3 is 25.0 Å². The number of rotatable bonds is 5. The number of nitrogens with one attached hydrogen (secondary N) is 1. The van der Waals surface area contributed by atoms with E-state index in [9.17, 15) is 19.5 Å². The molecule has 2 heterocycles. The van der Waals surface area contributed by atoms with Crippen molar-refractivity contribution in [2.45, 2.75) is 69.6 Å². The van der Waals surface area contributed by atoms with Crippen LogP contribution < -0.4 is 5.32 Å². The molecule has 162 valence electrons. The first-order valence-corrected chi connectivity index (χ1v) is 10.8. The second-order valence-corrected chi connectivity index (χ2v) is 8.31. The zero-order chi connectivity index (χ0) is 21.0. The van der Waals surface area contributed by atoms with E-state index in [0.717, 1.165) is 32.1 Å². The minimum absolute atomic E-state index is 0.0484. The van der Waals surface area contributed by atoms with Gasteiger partial charge in [-0.25, -0.2) is 4.79 Å². The molecule has 1 saturated carbocycles. The predicted molar refractivity (Wildman–Crippen MR) is 107 cm³/mol. The highest BCUT2D eigenvalue weighted by atomic mass is 16.6. The first-order valence-electron chi connectivity index (χ1n) is 10.8. The Hall–Kier alpha value is -2.09. The number of ether oxygens (including phenoxy) is 1. The molecule has 8 heteroatoms. The van der Waals surface area contributed by atoms with Gasteiger partial charge in [-0.3, -0.25) is 9.59 Å². The van der Waals surface area contributed by atoms with Crippen LogP contribution in [0.25, 0.3) is 0 Å². The van der Waals surface area contributed by atoms with E-state index in [1.54, 1.807) is 9.80 Å². The van der Waals surface area contributed by atoms with Crippen molar-refractivity contribution in [1.82, 2.24) is 15.1 Å². The summed E-state index contributed by atoms with van der Waals surface area (Å²) in [5.74, 6) is -0.391. The van der Waals surface area contributed by atoms with Gasteiger partial charge in [0.25, 0.3) is 0 Å². The van der Waals surface area contributed by atoms with Crippen LogP contribution in [-0.2, 0) is 14.3 Å². The van der Waals surface area contributed by atoms with Crippen molar-refractivity contribution in [3.8, 4) is 0 Å². The molecule has 1 spiro atoms. The number of aliphatic hydroxyl groups excluding tert-OH is 1. The molecule has 0 bridgehead atoms. The molecule has 3 fully saturated rings. The first kappa shape index (κ1) is 21.6. The summed E-state index contributed by atoms with van der Waals surface area (Å²) >= 11 is 0. The van der Waals surface area contributed by atoms with Crippen molar-refractivity contribution >= 4 is 17.9 Å². The van der Waals surface area contributed by atoms with Crippen molar-refractivity contribution < 1.29 is 24.2 Å². The van der Waals surface area contributed by atoms with Crippen molar-refractivity contribution in [3.05, 3.63) is 12.7 Å². The molecular formula is C21H33N3O5. The maximum absolute atomic E-state index is 13.3. The fraction of sp³-hybridized carbons (Fsp3) is 0.762. The summed E-state index contributed by atoms with van der Waals surface area (Å²) in [7, 11) is 0. The third-order valence-electron chi connectivity index (χ3n) is 6.72. The van der Waals surface area contributed by atoms with Crippen LogP contribution in [0.4, 0.5) is 4.79 Å². The minimum Gasteiger partial charge on any atom is -0.445 e. The van der Waals surface area contributed by atoms with Crippen LogP contribution in [0.15, 0.2) is 12.7 Å². The number of aliphatic hydroxyl groups is 1. The Labute approximate surface area is 172 Å². The normalized spacial score (nSPS) is 26.2. The Morgan fingerprint density at radius 2 is 1.97 bits per heavy atom. The summed E-state index contributed by atoms with van der Waals surface area (Å²) in [6.45, 7) is 6.58. The third-order valence-corrected chi connectivity index (χ3v) is 6.72. The summed E-state index contributed by atoms with van der Waals surface area (Å²) < 4.78 is 5.08. The number of carbonyl (C=O) groups is 3. The van der Waals surface area contributed by atoms with E-state index in [0.29, 0.717) is 32.5 Å². The number of piperazine rings is 1. The van der Waals surface area contributed by atoms with Crippen molar-refractivity contribution in [2.24, 2.45) is 5.92 Å². The van der Waals surface area contributed by atoms with E-state index < -0.39 is 23.8 Å². The number of likely N-dealkylation sites (N-methyl/N-ethyl adjacent to an activating group) is 1. The van der Waals surface area contributed by atoms with Crippen LogP contribution >= 0.6 is 0 Å². The molecule has 0 aromatic rings. The largest absolute Gasteiger partial charge is 0.445 e. The Balaban J connectivity index is 1.70. The summed E-state index contributed by atoms with van der Waals surface area (Å²) in [6, 6.07) is -0.883. The molecule has 8 nitrogen and oxygen atoms in total. The number of carbonyl (C=O) groups excluding carboxylic acids is 3. The van der Waals surface area contributed by atoms with Gasteiger partial charge in [0.2, 0.25) is 11.8 Å². The number of nitrogens with zero attached hydrogens (tertiary/aromatic N) is 2. The van der Waals surface area contributed by atoms with E-state index >= 15 is 0 Å². The van der Waals surface area contributed by atoms with Crippen molar-refractivity contribution in [1.29, 1.82) is 0 Å². The number of likely N-dealkylation sites (tertiary alicyclic amines) is 1. The molecule has 2 atom stereocenters. The standard InChI is InChI=1S/C21H33N3O5/c1-3-14-29-20(28)23-12-10-21(11-13-23)19(27)22-16(18(26)24(21)4-2)17(25)15-8-6-5-7-9-15/h3,15-17,25H,1,4-14H2,2H3,(H,22,27)/t16-,17-/m1/s1. The van der Waals surface area contributed by atoms with Gasteiger partial charge in [0.15, 0.2) is 0 Å². The molecule has 0 aromatic heterocycles. The summed E-state index contributed by atoms with van der Waals surface area (Å²) in [5.41, 5.74) is -0.968. The molecule has 2 saturated heterocycles. The monoisotopic (exact) mass is 407 g/mol. The van der Waals surface area contributed by atoms with E-state index in [4.69, 9.17) is 4.74 Å². The minimum atomic E-state index is -0.968. The van der Waals surface area contributed by atoms with Crippen LogP contribution in [0.1, 0.15) is 51.9 Å². The van der Waals surface area contributed by atoms with Crippen LogP contribution in [0.3, 0.4) is 0 Å². The van der Waals surface area contributed by atoms with Crippen LogP contribution in [0, 0.1) is 5.92 Å². The number of hydrogen-bond donors (Lipinski definition) is 2. The zero-order valence-corrected chi connectivity index (χ0v) is 17.3. The molecule has 3 rings (SSSR count). The second kappa shape index (κ2) is 9.15. The summed E-state index contributed by atoms with van der Waals surface area (Å²) in [5, 5.41) is 13.7. The van der Waals surface area contributed by atoms with Crippen LogP contribution in [0.2, 0.25) is 0 Å². The highest BCUT2D eigenvalue weighted by molar-refractivity contribution is 6.00. The average molecular weight is 408 g/mol. The summed E-state index contributed by atoms with van der Waals surface area (Å²) in [4.78, 5) is 41.7. The van der Waals surface area contributed by atoms with Crippen molar-refractivity contribution in [2.75, 3.05) is 26.2 Å². The molecule has 0 radical (unpaired) electrons. The van der Waals surface area contributed by atoms with Gasteiger partial charge in [-0.15, -0.1) is 0 Å². The van der Waals surface area contributed by atoms with E-state index in [-0.39, 0.29) is 24.3 Å². The molecule has 0 aromatic carbocycles. The fourth-order valence-corrected chi connectivity index (χ4v) is 5.05. The lowest BCUT2D eigenvalue weighted by molar-refractivity contribution is -0.165. The Bertz CT molecular complexity index is 638. The molecule has 29 heavy (non-hydrogen) atoms. The lowest BCUT2D eigenvalue weighted by atomic mass is 9.78.